The third-order valence-corrected chi connectivity index (χ3v) is 3.44. The van der Waals surface area contributed by atoms with Gasteiger partial charge >= 0.3 is 0 Å². The van der Waals surface area contributed by atoms with Crippen molar-refractivity contribution in [2.75, 3.05) is 13.1 Å². The van der Waals surface area contributed by atoms with Crippen molar-refractivity contribution in [3.63, 3.8) is 0 Å². The van der Waals surface area contributed by atoms with Gasteiger partial charge in [-0.3, -0.25) is 4.79 Å². The molecule has 1 aliphatic carbocycles. The van der Waals surface area contributed by atoms with E-state index < -0.39 is 0 Å². The van der Waals surface area contributed by atoms with Crippen LogP contribution in [0.3, 0.4) is 0 Å². The minimum atomic E-state index is -0.0408. The van der Waals surface area contributed by atoms with E-state index in [-0.39, 0.29) is 5.41 Å². The van der Waals surface area contributed by atoms with Crippen LogP contribution in [0.25, 0.3) is 0 Å². The van der Waals surface area contributed by atoms with E-state index >= 15 is 0 Å². The summed E-state index contributed by atoms with van der Waals surface area (Å²) >= 11 is 0. The SMILES string of the molecule is CC1(C(=O)CC2CC2)CCCNC1. The highest BCUT2D eigenvalue weighted by Gasteiger charge is 2.37. The summed E-state index contributed by atoms with van der Waals surface area (Å²) in [5.41, 5.74) is -0.0408. The van der Waals surface area contributed by atoms with Gasteiger partial charge < -0.3 is 5.32 Å². The lowest BCUT2D eigenvalue weighted by Gasteiger charge is -2.32. The lowest BCUT2D eigenvalue weighted by Crippen LogP contribution is -2.43. The molecule has 0 aromatic carbocycles. The Morgan fingerprint density at radius 3 is 2.85 bits per heavy atom. The number of piperidine rings is 1. The van der Waals surface area contributed by atoms with E-state index in [2.05, 4.69) is 12.2 Å². The summed E-state index contributed by atoms with van der Waals surface area (Å²) in [7, 11) is 0. The van der Waals surface area contributed by atoms with Crippen LogP contribution < -0.4 is 5.32 Å². The van der Waals surface area contributed by atoms with E-state index in [4.69, 9.17) is 0 Å². The molecule has 2 aliphatic rings. The molecule has 0 spiro atoms. The summed E-state index contributed by atoms with van der Waals surface area (Å²) < 4.78 is 0. The summed E-state index contributed by atoms with van der Waals surface area (Å²) in [6, 6.07) is 0. The van der Waals surface area contributed by atoms with Crippen LogP contribution in [0, 0.1) is 11.3 Å². The summed E-state index contributed by atoms with van der Waals surface area (Å²) in [5, 5.41) is 3.33. The van der Waals surface area contributed by atoms with Crippen molar-refractivity contribution >= 4 is 5.78 Å². The molecular weight excluding hydrogens is 162 g/mol. The average molecular weight is 181 g/mol. The van der Waals surface area contributed by atoms with Crippen molar-refractivity contribution in [3.8, 4) is 0 Å². The van der Waals surface area contributed by atoms with Crippen LogP contribution in [0.2, 0.25) is 0 Å². The Labute approximate surface area is 80.1 Å². The largest absolute Gasteiger partial charge is 0.316 e. The van der Waals surface area contributed by atoms with Crippen LogP contribution in [0.1, 0.15) is 39.0 Å². The van der Waals surface area contributed by atoms with Gasteiger partial charge in [0.05, 0.1) is 0 Å². The molecule has 1 saturated carbocycles. The van der Waals surface area contributed by atoms with Crippen molar-refractivity contribution in [2.45, 2.75) is 39.0 Å². The van der Waals surface area contributed by atoms with Crippen LogP contribution >= 0.6 is 0 Å². The number of ketones is 1. The summed E-state index contributed by atoms with van der Waals surface area (Å²) in [6.07, 6.45) is 5.67. The Kier molecular flexibility index (Phi) is 2.41. The monoisotopic (exact) mass is 181 g/mol. The lowest BCUT2D eigenvalue weighted by molar-refractivity contribution is -0.129. The molecule has 13 heavy (non-hydrogen) atoms. The van der Waals surface area contributed by atoms with Gasteiger partial charge in [-0.2, -0.15) is 0 Å². The maximum absolute atomic E-state index is 11.9. The Morgan fingerprint density at radius 2 is 2.31 bits per heavy atom. The van der Waals surface area contributed by atoms with Crippen LogP contribution in [0.5, 0.6) is 0 Å². The Bertz CT molecular complexity index is 202. The van der Waals surface area contributed by atoms with Gasteiger partial charge in [-0.1, -0.05) is 6.92 Å². The molecule has 0 aromatic heterocycles. The van der Waals surface area contributed by atoms with Gasteiger partial charge in [-0.25, -0.2) is 0 Å². The fourth-order valence-corrected chi connectivity index (χ4v) is 2.12. The Hall–Kier alpha value is -0.370. The van der Waals surface area contributed by atoms with Gasteiger partial charge in [-0.05, 0) is 38.1 Å². The number of rotatable bonds is 3. The average Bonchev–Trinajstić information content (AvgIpc) is 2.89. The number of nitrogens with one attached hydrogen (secondary N) is 1. The van der Waals surface area contributed by atoms with Gasteiger partial charge in [0, 0.05) is 18.4 Å². The Morgan fingerprint density at radius 1 is 1.54 bits per heavy atom. The topological polar surface area (TPSA) is 29.1 Å². The molecule has 0 amide bonds. The number of hydrogen-bond donors (Lipinski definition) is 1. The van der Waals surface area contributed by atoms with Crippen molar-refractivity contribution in [1.29, 1.82) is 0 Å². The molecule has 1 saturated heterocycles. The normalized spacial score (nSPS) is 34.5. The van der Waals surface area contributed by atoms with E-state index in [0.29, 0.717) is 5.78 Å². The molecule has 1 heterocycles. The minimum Gasteiger partial charge on any atom is -0.316 e. The molecule has 2 fully saturated rings. The van der Waals surface area contributed by atoms with Crippen molar-refractivity contribution in [3.05, 3.63) is 0 Å². The first-order chi connectivity index (χ1) is 6.21. The smallest absolute Gasteiger partial charge is 0.140 e. The molecule has 2 rings (SSSR count). The summed E-state index contributed by atoms with van der Waals surface area (Å²) in [5.74, 6) is 1.24. The predicted octanol–water partition coefficient (Wildman–Crippen LogP) is 1.75. The molecule has 1 atom stereocenters. The third kappa shape index (κ3) is 2.11. The zero-order valence-electron chi connectivity index (χ0n) is 8.44. The van der Waals surface area contributed by atoms with E-state index in [9.17, 15) is 4.79 Å². The van der Waals surface area contributed by atoms with Crippen molar-refractivity contribution < 1.29 is 4.79 Å². The fraction of sp³-hybridized carbons (Fsp3) is 0.909. The molecule has 1 unspecified atom stereocenters. The van der Waals surface area contributed by atoms with Gasteiger partial charge in [-0.15, -0.1) is 0 Å². The molecule has 1 N–H and O–H groups in total. The first-order valence-corrected chi connectivity index (χ1v) is 5.45. The van der Waals surface area contributed by atoms with Crippen molar-refractivity contribution in [1.82, 2.24) is 5.32 Å². The van der Waals surface area contributed by atoms with Crippen LogP contribution in [0.4, 0.5) is 0 Å². The highest BCUT2D eigenvalue weighted by Crippen LogP contribution is 2.37. The lowest BCUT2D eigenvalue weighted by atomic mass is 9.77. The van der Waals surface area contributed by atoms with Crippen LogP contribution in [0.15, 0.2) is 0 Å². The quantitative estimate of drug-likeness (QED) is 0.718. The highest BCUT2D eigenvalue weighted by atomic mass is 16.1. The molecule has 2 nitrogen and oxygen atoms in total. The van der Waals surface area contributed by atoms with Gasteiger partial charge in [0.25, 0.3) is 0 Å². The zero-order valence-corrected chi connectivity index (χ0v) is 8.44. The second-order valence-electron chi connectivity index (χ2n) is 4.91. The van der Waals surface area contributed by atoms with E-state index in [1.54, 1.807) is 0 Å². The molecule has 0 bridgehead atoms. The number of hydrogen-bond acceptors (Lipinski definition) is 2. The number of carbonyl (C=O) groups is 1. The zero-order chi connectivity index (χ0) is 9.31. The highest BCUT2D eigenvalue weighted by molar-refractivity contribution is 5.85. The number of Topliss-reactive ketones (excluding diaryl/α,β-unsaturated/α-hetero) is 1. The fourth-order valence-electron chi connectivity index (χ4n) is 2.12. The second kappa shape index (κ2) is 3.41. The first kappa shape index (κ1) is 9.20. The Balaban J connectivity index is 1.90. The second-order valence-corrected chi connectivity index (χ2v) is 4.91. The molecular formula is C11H19NO. The van der Waals surface area contributed by atoms with E-state index in [1.807, 2.05) is 0 Å². The van der Waals surface area contributed by atoms with Gasteiger partial charge in [0.15, 0.2) is 0 Å². The summed E-state index contributed by atoms with van der Waals surface area (Å²) in [4.78, 5) is 11.9. The van der Waals surface area contributed by atoms with Gasteiger partial charge in [0.2, 0.25) is 0 Å². The first-order valence-electron chi connectivity index (χ1n) is 5.45. The molecule has 2 heteroatoms. The summed E-state index contributed by atoms with van der Waals surface area (Å²) in [6.45, 7) is 4.12. The molecule has 1 aliphatic heterocycles. The van der Waals surface area contributed by atoms with E-state index in [0.717, 1.165) is 38.3 Å². The molecule has 0 radical (unpaired) electrons. The van der Waals surface area contributed by atoms with Crippen molar-refractivity contribution in [2.24, 2.45) is 11.3 Å². The minimum absolute atomic E-state index is 0.0408. The number of carbonyl (C=O) groups excluding carboxylic acids is 1. The third-order valence-electron chi connectivity index (χ3n) is 3.44. The molecule has 74 valence electrons. The van der Waals surface area contributed by atoms with Crippen LogP contribution in [-0.2, 0) is 4.79 Å². The van der Waals surface area contributed by atoms with Crippen LogP contribution in [-0.4, -0.2) is 18.9 Å². The molecule has 0 aromatic rings. The van der Waals surface area contributed by atoms with Gasteiger partial charge in [0.1, 0.15) is 5.78 Å². The standard InChI is InChI=1S/C11H19NO/c1-11(5-2-6-12-8-11)10(13)7-9-3-4-9/h9,12H,2-8H2,1H3. The maximum Gasteiger partial charge on any atom is 0.140 e. The predicted molar refractivity (Wildman–Crippen MR) is 52.6 cm³/mol. The maximum atomic E-state index is 11.9. The van der Waals surface area contributed by atoms with E-state index in [1.165, 1.54) is 12.8 Å².